The van der Waals surface area contributed by atoms with Crippen molar-refractivity contribution in [3.63, 3.8) is 0 Å². The number of ether oxygens (including phenoxy) is 1. The second-order valence-corrected chi connectivity index (χ2v) is 4.40. The Kier molecular flexibility index (Phi) is 5.45. The minimum Gasteiger partial charge on any atom is -0.395 e. The highest BCUT2D eigenvalue weighted by molar-refractivity contribution is 4.72. The first-order valence-corrected chi connectivity index (χ1v) is 5.72. The molecule has 1 saturated carbocycles. The van der Waals surface area contributed by atoms with Crippen LogP contribution < -0.4 is 5.73 Å². The number of aliphatic hydroxyl groups excluding tert-OH is 1. The molecule has 3 N–H and O–H groups in total. The molecule has 0 amide bonds. The maximum atomic E-state index is 8.74. The maximum absolute atomic E-state index is 8.74. The van der Waals surface area contributed by atoms with Gasteiger partial charge in [-0.1, -0.05) is 19.8 Å². The lowest BCUT2D eigenvalue weighted by atomic mass is 9.88. The number of nitrogens with two attached hydrogens (primary N) is 1. The summed E-state index contributed by atoms with van der Waals surface area (Å²) >= 11 is 0. The molecule has 14 heavy (non-hydrogen) atoms. The molecule has 0 aliphatic heterocycles. The highest BCUT2D eigenvalue weighted by Crippen LogP contribution is 2.26. The van der Waals surface area contributed by atoms with Crippen LogP contribution in [0.25, 0.3) is 0 Å². The average Bonchev–Trinajstić information content (AvgIpc) is 2.20. The fraction of sp³-hybridized carbons (Fsp3) is 1.00. The molecule has 3 atom stereocenters. The average molecular weight is 201 g/mol. The van der Waals surface area contributed by atoms with Crippen LogP contribution in [-0.4, -0.2) is 30.5 Å². The van der Waals surface area contributed by atoms with Crippen molar-refractivity contribution >= 4 is 0 Å². The molecule has 0 spiro atoms. The summed E-state index contributed by atoms with van der Waals surface area (Å²) < 4.78 is 5.78. The van der Waals surface area contributed by atoms with Gasteiger partial charge in [-0.25, -0.2) is 0 Å². The summed E-state index contributed by atoms with van der Waals surface area (Å²) in [5, 5.41) is 8.74. The molecule has 0 aromatic carbocycles. The van der Waals surface area contributed by atoms with Gasteiger partial charge in [0.05, 0.1) is 12.7 Å². The molecular weight excluding hydrogens is 178 g/mol. The van der Waals surface area contributed by atoms with E-state index in [9.17, 15) is 0 Å². The van der Waals surface area contributed by atoms with Gasteiger partial charge in [-0.2, -0.15) is 0 Å². The molecular formula is C11H23NO2. The summed E-state index contributed by atoms with van der Waals surface area (Å²) in [6.45, 7) is 3.01. The van der Waals surface area contributed by atoms with Crippen LogP contribution in [0.2, 0.25) is 0 Å². The van der Waals surface area contributed by atoms with Crippen molar-refractivity contribution in [1.82, 2.24) is 0 Å². The summed E-state index contributed by atoms with van der Waals surface area (Å²) in [5.41, 5.74) is 5.59. The van der Waals surface area contributed by atoms with E-state index in [2.05, 4.69) is 6.92 Å². The third kappa shape index (κ3) is 3.95. The van der Waals surface area contributed by atoms with Gasteiger partial charge in [0.1, 0.15) is 0 Å². The summed E-state index contributed by atoms with van der Waals surface area (Å²) in [7, 11) is 0. The maximum Gasteiger partial charge on any atom is 0.0600 e. The Balaban J connectivity index is 2.10. The van der Waals surface area contributed by atoms with Crippen molar-refractivity contribution in [2.45, 2.75) is 51.2 Å². The van der Waals surface area contributed by atoms with Crippen LogP contribution in [0, 0.1) is 5.92 Å². The molecule has 0 heterocycles. The van der Waals surface area contributed by atoms with E-state index >= 15 is 0 Å². The zero-order valence-electron chi connectivity index (χ0n) is 9.11. The molecule has 3 unspecified atom stereocenters. The standard InChI is InChI=1S/C11H23NO2/c1-9-4-2-3-5-11(9)14-7-6-10(12)8-13/h9-11,13H,2-8,12H2,1H3. The first-order chi connectivity index (χ1) is 6.74. The van der Waals surface area contributed by atoms with Crippen molar-refractivity contribution in [1.29, 1.82) is 0 Å². The predicted molar refractivity (Wildman–Crippen MR) is 57.1 cm³/mol. The van der Waals surface area contributed by atoms with Crippen molar-refractivity contribution in [3.8, 4) is 0 Å². The lowest BCUT2D eigenvalue weighted by molar-refractivity contribution is -0.00908. The molecule has 1 rings (SSSR count). The number of aliphatic hydroxyl groups is 1. The van der Waals surface area contributed by atoms with Gasteiger partial charge < -0.3 is 15.6 Å². The molecule has 84 valence electrons. The third-order valence-electron chi connectivity index (χ3n) is 3.09. The number of hydrogen-bond donors (Lipinski definition) is 2. The molecule has 0 aromatic heterocycles. The van der Waals surface area contributed by atoms with E-state index in [0.29, 0.717) is 18.6 Å². The Morgan fingerprint density at radius 1 is 1.43 bits per heavy atom. The zero-order valence-corrected chi connectivity index (χ0v) is 9.11. The van der Waals surface area contributed by atoms with Gasteiger partial charge in [-0.05, 0) is 25.2 Å². The van der Waals surface area contributed by atoms with E-state index in [1.165, 1.54) is 25.7 Å². The predicted octanol–water partition coefficient (Wildman–Crippen LogP) is 1.29. The number of hydrogen-bond acceptors (Lipinski definition) is 3. The first-order valence-electron chi connectivity index (χ1n) is 5.72. The molecule has 3 heteroatoms. The summed E-state index contributed by atoms with van der Waals surface area (Å²) in [6.07, 6.45) is 6.30. The van der Waals surface area contributed by atoms with E-state index in [4.69, 9.17) is 15.6 Å². The van der Waals surface area contributed by atoms with Crippen molar-refractivity contribution in [3.05, 3.63) is 0 Å². The molecule has 0 radical (unpaired) electrons. The Morgan fingerprint density at radius 2 is 2.14 bits per heavy atom. The first kappa shape index (κ1) is 12.0. The Morgan fingerprint density at radius 3 is 2.79 bits per heavy atom. The van der Waals surface area contributed by atoms with Crippen LogP contribution in [0.15, 0.2) is 0 Å². The molecule has 1 aliphatic carbocycles. The monoisotopic (exact) mass is 201 g/mol. The van der Waals surface area contributed by atoms with Gasteiger partial charge in [0, 0.05) is 12.6 Å². The highest BCUT2D eigenvalue weighted by atomic mass is 16.5. The fourth-order valence-corrected chi connectivity index (χ4v) is 1.99. The minimum absolute atomic E-state index is 0.0591. The molecule has 0 aromatic rings. The molecule has 0 saturated heterocycles. The van der Waals surface area contributed by atoms with Crippen LogP contribution in [0.5, 0.6) is 0 Å². The van der Waals surface area contributed by atoms with Crippen LogP contribution in [0.4, 0.5) is 0 Å². The molecule has 3 nitrogen and oxygen atoms in total. The minimum atomic E-state index is -0.117. The largest absolute Gasteiger partial charge is 0.395 e. The number of rotatable bonds is 5. The van der Waals surface area contributed by atoms with Crippen LogP contribution in [0.3, 0.4) is 0 Å². The van der Waals surface area contributed by atoms with Gasteiger partial charge in [-0.15, -0.1) is 0 Å². The van der Waals surface area contributed by atoms with Gasteiger partial charge in [-0.3, -0.25) is 0 Å². The van der Waals surface area contributed by atoms with Gasteiger partial charge >= 0.3 is 0 Å². The third-order valence-corrected chi connectivity index (χ3v) is 3.09. The van der Waals surface area contributed by atoms with Gasteiger partial charge in [0.2, 0.25) is 0 Å². The van der Waals surface area contributed by atoms with Crippen LogP contribution in [0.1, 0.15) is 39.0 Å². The normalized spacial score (nSPS) is 30.2. The van der Waals surface area contributed by atoms with Crippen molar-refractivity contribution in [2.75, 3.05) is 13.2 Å². The summed E-state index contributed by atoms with van der Waals surface area (Å²) in [6, 6.07) is -0.117. The lowest BCUT2D eigenvalue weighted by Gasteiger charge is -2.29. The Bertz CT molecular complexity index is 152. The second-order valence-electron chi connectivity index (χ2n) is 4.40. The van der Waals surface area contributed by atoms with Gasteiger partial charge in [0.15, 0.2) is 0 Å². The van der Waals surface area contributed by atoms with Crippen LogP contribution >= 0.6 is 0 Å². The quantitative estimate of drug-likeness (QED) is 0.704. The molecule has 1 fully saturated rings. The Labute approximate surface area is 86.6 Å². The van der Waals surface area contributed by atoms with E-state index in [-0.39, 0.29) is 12.6 Å². The van der Waals surface area contributed by atoms with Crippen LogP contribution in [-0.2, 0) is 4.74 Å². The lowest BCUT2D eigenvalue weighted by Crippen LogP contribution is -2.30. The van der Waals surface area contributed by atoms with Crippen molar-refractivity contribution in [2.24, 2.45) is 11.7 Å². The summed E-state index contributed by atoms with van der Waals surface area (Å²) in [4.78, 5) is 0. The van der Waals surface area contributed by atoms with Crippen molar-refractivity contribution < 1.29 is 9.84 Å². The van der Waals surface area contributed by atoms with E-state index in [1.807, 2.05) is 0 Å². The fourth-order valence-electron chi connectivity index (χ4n) is 1.99. The summed E-state index contributed by atoms with van der Waals surface area (Å²) in [5.74, 6) is 0.689. The smallest absolute Gasteiger partial charge is 0.0600 e. The Hall–Kier alpha value is -0.120. The van der Waals surface area contributed by atoms with E-state index < -0.39 is 0 Å². The SMILES string of the molecule is CC1CCCCC1OCCC(N)CO. The molecule has 0 bridgehead atoms. The molecule has 1 aliphatic rings. The highest BCUT2D eigenvalue weighted by Gasteiger charge is 2.21. The van der Waals surface area contributed by atoms with E-state index in [0.717, 1.165) is 6.42 Å². The second kappa shape index (κ2) is 6.38. The topological polar surface area (TPSA) is 55.5 Å². The zero-order chi connectivity index (χ0) is 10.4. The van der Waals surface area contributed by atoms with Gasteiger partial charge in [0.25, 0.3) is 0 Å². The van der Waals surface area contributed by atoms with E-state index in [1.54, 1.807) is 0 Å².